The highest BCUT2D eigenvalue weighted by molar-refractivity contribution is 5.80. The lowest BCUT2D eigenvalue weighted by Gasteiger charge is -2.24. The van der Waals surface area contributed by atoms with E-state index >= 15 is 0 Å². The molecule has 1 aromatic heterocycles. The highest BCUT2D eigenvalue weighted by Crippen LogP contribution is 2.14. The van der Waals surface area contributed by atoms with Crippen LogP contribution in [0.5, 0.6) is 0 Å². The van der Waals surface area contributed by atoms with Crippen LogP contribution in [-0.2, 0) is 24.1 Å². The third-order valence-corrected chi connectivity index (χ3v) is 5.27. The van der Waals surface area contributed by atoms with Gasteiger partial charge in [0.05, 0.1) is 0 Å². The van der Waals surface area contributed by atoms with Gasteiger partial charge in [-0.2, -0.15) is 0 Å². The van der Waals surface area contributed by atoms with Crippen LogP contribution in [0.15, 0.2) is 4.99 Å². The van der Waals surface area contributed by atoms with Gasteiger partial charge in [0.25, 0.3) is 0 Å². The Bertz CT molecular complexity index is 724. The molecule has 1 unspecified atom stereocenters. The Balaban J connectivity index is 1.94. The fourth-order valence-electron chi connectivity index (χ4n) is 3.71. The SMILES string of the molecule is CCCCC(CNC(=O)OC(C)(C)C)NC(=NCCc1nnc2n1CCCCC2)NCC. The van der Waals surface area contributed by atoms with Crippen LogP contribution >= 0.6 is 0 Å². The number of aryl methyl sites for hydroxylation is 1. The van der Waals surface area contributed by atoms with Crippen LogP contribution in [-0.4, -0.2) is 58.1 Å². The standard InChI is InChI=1S/C23H43N7O2/c1-6-8-12-18(17-26-22(31)32-23(3,4)5)27-21(24-7-2)25-15-14-20-29-28-19-13-10-9-11-16-30(19)20/h18H,6-17H2,1-5H3,(H,26,31)(H2,24,25,27). The van der Waals surface area contributed by atoms with Gasteiger partial charge in [0, 0.05) is 45.1 Å². The zero-order valence-electron chi connectivity index (χ0n) is 20.7. The van der Waals surface area contributed by atoms with Gasteiger partial charge in [0.15, 0.2) is 5.96 Å². The van der Waals surface area contributed by atoms with Crippen LogP contribution in [0.3, 0.4) is 0 Å². The first-order valence-electron chi connectivity index (χ1n) is 12.2. The molecule has 0 fully saturated rings. The van der Waals surface area contributed by atoms with E-state index in [2.05, 4.69) is 44.6 Å². The van der Waals surface area contributed by atoms with Gasteiger partial charge in [0.1, 0.15) is 17.2 Å². The molecule has 9 heteroatoms. The lowest BCUT2D eigenvalue weighted by molar-refractivity contribution is 0.0522. The number of amides is 1. The van der Waals surface area contributed by atoms with Crippen molar-refractivity contribution >= 4 is 12.1 Å². The van der Waals surface area contributed by atoms with Crippen molar-refractivity contribution in [3.8, 4) is 0 Å². The van der Waals surface area contributed by atoms with Gasteiger partial charge in [-0.15, -0.1) is 10.2 Å². The van der Waals surface area contributed by atoms with Gasteiger partial charge in [-0.1, -0.05) is 26.2 Å². The van der Waals surface area contributed by atoms with Crippen LogP contribution in [0.2, 0.25) is 0 Å². The Hall–Kier alpha value is -2.32. The van der Waals surface area contributed by atoms with E-state index in [0.717, 1.165) is 62.8 Å². The number of unbranched alkanes of at least 4 members (excludes halogenated alkanes) is 1. The zero-order valence-corrected chi connectivity index (χ0v) is 20.7. The number of nitrogens with one attached hydrogen (secondary N) is 3. The number of alkyl carbamates (subject to hydrolysis) is 1. The number of aromatic nitrogens is 3. The lowest BCUT2D eigenvalue weighted by Crippen LogP contribution is -2.49. The number of ether oxygens (including phenoxy) is 1. The van der Waals surface area contributed by atoms with Gasteiger partial charge in [-0.05, 0) is 47.0 Å². The molecule has 2 heterocycles. The molecule has 0 saturated carbocycles. The first kappa shape index (κ1) is 25.9. The molecular weight excluding hydrogens is 406 g/mol. The minimum Gasteiger partial charge on any atom is -0.444 e. The summed E-state index contributed by atoms with van der Waals surface area (Å²) in [7, 11) is 0. The summed E-state index contributed by atoms with van der Waals surface area (Å²) in [6.07, 6.45) is 8.13. The molecule has 182 valence electrons. The number of fused-ring (bicyclic) bond motifs is 1. The first-order chi connectivity index (χ1) is 15.3. The maximum atomic E-state index is 12.1. The van der Waals surface area contributed by atoms with E-state index in [1.54, 1.807) is 0 Å². The van der Waals surface area contributed by atoms with E-state index in [4.69, 9.17) is 9.73 Å². The number of guanidine groups is 1. The molecule has 0 aliphatic carbocycles. The van der Waals surface area contributed by atoms with Gasteiger partial charge in [-0.3, -0.25) is 4.99 Å². The monoisotopic (exact) mass is 449 g/mol. The van der Waals surface area contributed by atoms with E-state index in [1.807, 2.05) is 20.8 Å². The summed E-state index contributed by atoms with van der Waals surface area (Å²) in [6.45, 7) is 12.7. The van der Waals surface area contributed by atoms with Crippen molar-refractivity contribution in [1.82, 2.24) is 30.7 Å². The predicted molar refractivity (Wildman–Crippen MR) is 128 cm³/mol. The summed E-state index contributed by atoms with van der Waals surface area (Å²) in [5.41, 5.74) is -0.507. The van der Waals surface area contributed by atoms with Gasteiger partial charge < -0.3 is 25.3 Å². The van der Waals surface area contributed by atoms with Gasteiger partial charge in [0.2, 0.25) is 0 Å². The second kappa shape index (κ2) is 13.3. The third kappa shape index (κ3) is 9.44. The predicted octanol–water partition coefficient (Wildman–Crippen LogP) is 3.19. The second-order valence-corrected chi connectivity index (χ2v) is 9.37. The topological polar surface area (TPSA) is 105 Å². The van der Waals surface area contributed by atoms with Crippen molar-refractivity contribution in [3.05, 3.63) is 11.6 Å². The van der Waals surface area contributed by atoms with Gasteiger partial charge >= 0.3 is 6.09 Å². The fourth-order valence-corrected chi connectivity index (χ4v) is 3.71. The average Bonchev–Trinajstić information content (AvgIpc) is 2.94. The number of rotatable bonds is 10. The third-order valence-electron chi connectivity index (χ3n) is 5.27. The van der Waals surface area contributed by atoms with Crippen LogP contribution < -0.4 is 16.0 Å². The molecule has 1 atom stereocenters. The smallest absolute Gasteiger partial charge is 0.407 e. The number of hydrogen-bond donors (Lipinski definition) is 3. The number of aliphatic imine (C=N–C) groups is 1. The molecule has 0 aromatic carbocycles. The highest BCUT2D eigenvalue weighted by Gasteiger charge is 2.18. The fraction of sp³-hybridized carbons (Fsp3) is 0.826. The molecule has 1 aliphatic heterocycles. The van der Waals surface area contributed by atoms with Crippen LogP contribution in [0.1, 0.15) is 84.8 Å². The summed E-state index contributed by atoms with van der Waals surface area (Å²) < 4.78 is 7.64. The Labute approximate surface area is 193 Å². The zero-order chi connectivity index (χ0) is 23.4. The van der Waals surface area contributed by atoms with E-state index in [-0.39, 0.29) is 6.04 Å². The molecule has 0 radical (unpaired) electrons. The quantitative estimate of drug-likeness (QED) is 0.374. The van der Waals surface area contributed by atoms with Crippen molar-refractivity contribution in [2.75, 3.05) is 19.6 Å². The number of carbonyl (C=O) groups is 1. The largest absolute Gasteiger partial charge is 0.444 e. The van der Waals surface area contributed by atoms with E-state index in [0.29, 0.717) is 13.1 Å². The van der Waals surface area contributed by atoms with E-state index in [9.17, 15) is 4.79 Å². The summed E-state index contributed by atoms with van der Waals surface area (Å²) in [5, 5.41) is 18.5. The molecule has 1 amide bonds. The first-order valence-corrected chi connectivity index (χ1v) is 12.2. The van der Waals surface area contributed by atoms with Crippen LogP contribution in [0.4, 0.5) is 4.79 Å². The maximum absolute atomic E-state index is 12.1. The van der Waals surface area contributed by atoms with E-state index in [1.165, 1.54) is 19.3 Å². The van der Waals surface area contributed by atoms with Crippen molar-refractivity contribution in [3.63, 3.8) is 0 Å². The molecule has 3 N–H and O–H groups in total. The molecule has 9 nitrogen and oxygen atoms in total. The molecule has 0 spiro atoms. The minimum atomic E-state index is -0.507. The van der Waals surface area contributed by atoms with Crippen molar-refractivity contribution in [2.45, 2.75) is 104 Å². The number of hydrogen-bond acceptors (Lipinski definition) is 5. The summed E-state index contributed by atoms with van der Waals surface area (Å²) in [5.74, 6) is 2.89. The van der Waals surface area contributed by atoms with Crippen molar-refractivity contribution in [1.29, 1.82) is 0 Å². The molecular formula is C23H43N7O2. The Morgan fingerprint density at radius 2 is 2.00 bits per heavy atom. The van der Waals surface area contributed by atoms with Crippen molar-refractivity contribution < 1.29 is 9.53 Å². The molecule has 1 aliphatic rings. The van der Waals surface area contributed by atoms with Crippen molar-refractivity contribution in [2.24, 2.45) is 4.99 Å². The second-order valence-electron chi connectivity index (χ2n) is 9.37. The Kier molecular flexibility index (Phi) is 10.8. The average molecular weight is 450 g/mol. The minimum absolute atomic E-state index is 0.0737. The van der Waals surface area contributed by atoms with Crippen LogP contribution in [0.25, 0.3) is 0 Å². The molecule has 1 aromatic rings. The molecule has 32 heavy (non-hydrogen) atoms. The Morgan fingerprint density at radius 1 is 1.19 bits per heavy atom. The molecule has 2 rings (SSSR count). The Morgan fingerprint density at radius 3 is 2.72 bits per heavy atom. The number of carbonyl (C=O) groups excluding carboxylic acids is 1. The summed E-state index contributed by atoms with van der Waals surface area (Å²) in [4.78, 5) is 16.8. The summed E-state index contributed by atoms with van der Waals surface area (Å²) >= 11 is 0. The molecule has 0 bridgehead atoms. The number of nitrogens with zero attached hydrogens (tertiary/aromatic N) is 4. The normalized spacial score (nSPS) is 15.5. The highest BCUT2D eigenvalue weighted by atomic mass is 16.6. The van der Waals surface area contributed by atoms with Crippen LogP contribution in [0, 0.1) is 0 Å². The van der Waals surface area contributed by atoms with Gasteiger partial charge in [-0.25, -0.2) is 4.79 Å². The molecule has 0 saturated heterocycles. The lowest BCUT2D eigenvalue weighted by atomic mass is 10.1. The van der Waals surface area contributed by atoms with E-state index < -0.39 is 11.7 Å². The maximum Gasteiger partial charge on any atom is 0.407 e. The summed E-state index contributed by atoms with van der Waals surface area (Å²) in [6, 6.07) is 0.0737.